The van der Waals surface area contributed by atoms with Crippen LogP contribution in [-0.4, -0.2) is 41.6 Å². The van der Waals surface area contributed by atoms with E-state index in [2.05, 4.69) is 4.98 Å². The van der Waals surface area contributed by atoms with Crippen molar-refractivity contribution in [2.75, 3.05) is 12.5 Å². The zero-order valence-electron chi connectivity index (χ0n) is 17.0. The highest BCUT2D eigenvalue weighted by atomic mass is 35.5. The van der Waals surface area contributed by atoms with Gasteiger partial charge in [-0.25, -0.2) is 13.4 Å². The number of nitrogens with zero attached hydrogens (tertiary/aromatic N) is 2. The molecule has 0 aliphatic carbocycles. The first-order valence-electron chi connectivity index (χ1n) is 9.51. The molecule has 0 fully saturated rings. The van der Waals surface area contributed by atoms with E-state index in [1.54, 1.807) is 23.9 Å². The number of hydrogen-bond acceptors (Lipinski definition) is 5. The Morgan fingerprint density at radius 2 is 2.00 bits per heavy atom. The van der Waals surface area contributed by atoms with Crippen LogP contribution in [0, 0.1) is 0 Å². The Labute approximate surface area is 195 Å². The van der Waals surface area contributed by atoms with E-state index in [1.807, 2.05) is 23.0 Å². The van der Waals surface area contributed by atoms with E-state index in [1.165, 1.54) is 18.5 Å². The van der Waals surface area contributed by atoms with Gasteiger partial charge >= 0.3 is 5.97 Å². The fraction of sp³-hybridized carbons (Fsp3) is 0.333. The minimum Gasteiger partial charge on any atom is -0.481 e. The molecule has 1 aromatic carbocycles. The largest absolute Gasteiger partial charge is 0.481 e. The summed E-state index contributed by atoms with van der Waals surface area (Å²) in [6.45, 7) is 0.745. The summed E-state index contributed by atoms with van der Waals surface area (Å²) in [6, 6.07) is 8.89. The van der Waals surface area contributed by atoms with E-state index in [0.29, 0.717) is 21.1 Å². The number of hydrogen-bond donors (Lipinski definition) is 1. The molecule has 31 heavy (non-hydrogen) atoms. The van der Waals surface area contributed by atoms with Gasteiger partial charge in [0.15, 0.2) is 9.84 Å². The van der Waals surface area contributed by atoms with Crippen molar-refractivity contribution in [2.24, 2.45) is 0 Å². The summed E-state index contributed by atoms with van der Waals surface area (Å²) in [5.74, 6) is -0.923. The second-order valence-corrected chi connectivity index (χ2v) is 10.9. The molecule has 3 heterocycles. The van der Waals surface area contributed by atoms with E-state index in [9.17, 15) is 13.2 Å². The number of aliphatic carboxylic acids is 1. The lowest BCUT2D eigenvalue weighted by Gasteiger charge is -2.23. The quantitative estimate of drug-likeness (QED) is 0.475. The summed E-state index contributed by atoms with van der Waals surface area (Å²) in [4.78, 5) is 16.7. The predicted molar refractivity (Wildman–Crippen MR) is 125 cm³/mol. The van der Waals surface area contributed by atoms with Crippen LogP contribution < -0.4 is 0 Å². The summed E-state index contributed by atoms with van der Waals surface area (Å²) in [7, 11) is -3.34. The van der Waals surface area contributed by atoms with Crippen molar-refractivity contribution in [2.45, 2.75) is 41.5 Å². The highest BCUT2D eigenvalue weighted by molar-refractivity contribution is 7.98. The molecule has 10 heteroatoms. The molecule has 1 aliphatic heterocycles. The molecule has 0 saturated heterocycles. The third kappa shape index (κ3) is 5.55. The van der Waals surface area contributed by atoms with Gasteiger partial charge in [0.05, 0.1) is 21.4 Å². The van der Waals surface area contributed by atoms with Crippen LogP contribution in [0.2, 0.25) is 10.0 Å². The van der Waals surface area contributed by atoms with Gasteiger partial charge in [0, 0.05) is 40.9 Å². The Hall–Kier alpha value is -1.74. The zero-order chi connectivity index (χ0) is 22.8. The van der Waals surface area contributed by atoms with Crippen molar-refractivity contribution >= 4 is 61.8 Å². The first-order chi connectivity index (χ1) is 14.6. The van der Waals surface area contributed by atoms with Crippen molar-refractivity contribution in [3.63, 3.8) is 0 Å². The second-order valence-electron chi connectivity index (χ2n) is 7.26. The number of benzene rings is 1. The molecular formula is C21H22Cl2N2O4S2. The first kappa shape index (κ1) is 23.9. The van der Waals surface area contributed by atoms with E-state index >= 15 is 0 Å². The topological polar surface area (TPSA) is 89.3 Å². The lowest BCUT2D eigenvalue weighted by Crippen LogP contribution is -2.17. The van der Waals surface area contributed by atoms with E-state index in [0.717, 1.165) is 30.0 Å². The minimum absolute atomic E-state index is 0.0600. The van der Waals surface area contributed by atoms with Crippen LogP contribution in [0.3, 0.4) is 0 Å². The Kier molecular flexibility index (Phi) is 7.57. The number of fused-ring (bicyclic) bond motifs is 3. The normalized spacial score (nSPS) is 15.8. The molecule has 166 valence electrons. The number of aromatic nitrogens is 2. The molecule has 4 rings (SSSR count). The fourth-order valence-corrected chi connectivity index (χ4v) is 5.37. The maximum absolute atomic E-state index is 11.9. The van der Waals surface area contributed by atoms with Crippen molar-refractivity contribution in [1.82, 2.24) is 9.55 Å². The van der Waals surface area contributed by atoms with E-state index in [-0.39, 0.29) is 17.2 Å². The number of halogens is 2. The molecule has 1 N–H and O–H groups in total. The van der Waals surface area contributed by atoms with Crippen LogP contribution in [0.4, 0.5) is 0 Å². The maximum atomic E-state index is 11.9. The van der Waals surface area contributed by atoms with Crippen LogP contribution in [0.1, 0.15) is 30.9 Å². The molecular weight excluding hydrogens is 479 g/mol. The number of aryl methyl sites for hydroxylation is 1. The molecule has 3 aromatic rings. The molecule has 2 aromatic heterocycles. The summed E-state index contributed by atoms with van der Waals surface area (Å²) in [6.07, 6.45) is 6.40. The average Bonchev–Trinajstić information content (AvgIpc) is 3.09. The highest BCUT2D eigenvalue weighted by Crippen LogP contribution is 2.36. The van der Waals surface area contributed by atoms with Gasteiger partial charge in [0.25, 0.3) is 0 Å². The van der Waals surface area contributed by atoms with Gasteiger partial charge in [-0.2, -0.15) is 0 Å². The molecule has 1 unspecified atom stereocenters. The monoisotopic (exact) mass is 500 g/mol. The summed E-state index contributed by atoms with van der Waals surface area (Å²) in [5.41, 5.74) is 1.50. The van der Waals surface area contributed by atoms with E-state index < -0.39 is 15.8 Å². The summed E-state index contributed by atoms with van der Waals surface area (Å²) >= 11 is 13.1. The van der Waals surface area contributed by atoms with Gasteiger partial charge in [-0.3, -0.25) is 4.79 Å². The van der Waals surface area contributed by atoms with Gasteiger partial charge in [-0.1, -0.05) is 23.2 Å². The number of pyridine rings is 1. The summed E-state index contributed by atoms with van der Waals surface area (Å²) < 4.78 is 25.7. The van der Waals surface area contributed by atoms with Crippen LogP contribution >= 0.6 is 35.0 Å². The third-order valence-corrected chi connectivity index (χ3v) is 7.71. The number of rotatable bonds is 4. The number of thioether (sulfide) groups is 1. The smallest absolute Gasteiger partial charge is 0.304 e. The van der Waals surface area contributed by atoms with E-state index in [4.69, 9.17) is 28.3 Å². The number of carboxylic acids is 1. The third-order valence-electron chi connectivity index (χ3n) is 5.09. The molecule has 0 spiro atoms. The lowest BCUT2D eigenvalue weighted by molar-refractivity contribution is -0.137. The zero-order valence-corrected chi connectivity index (χ0v) is 20.2. The lowest BCUT2D eigenvalue weighted by atomic mass is 9.93. The first-order valence-corrected chi connectivity index (χ1v) is 13.4. The number of carboxylic acid groups (broad SMARTS) is 1. The standard InChI is InChI=1S/C14H16N2O4S.C7H6Cl2S/c1-21(19,20)12-4-5-15-14-10(12)8-11-9(7-13(17)18)3-2-6-16(11)14;1-10-5-2-3-6(8)7(9)4-5/h4-5,8-9H,2-3,6-7H2,1H3,(H,17,18);2-4H,1H3. The minimum atomic E-state index is -3.34. The predicted octanol–water partition coefficient (Wildman–Crippen LogP) is 5.51. The Morgan fingerprint density at radius 1 is 1.26 bits per heavy atom. The SMILES string of the molecule is CS(=O)(=O)c1ccnc2c1cc1n2CCCC1CC(=O)O.CSc1ccc(Cl)c(Cl)c1. The van der Waals surface area contributed by atoms with Crippen LogP contribution in [0.25, 0.3) is 11.0 Å². The van der Waals surface area contributed by atoms with Gasteiger partial charge < -0.3 is 9.67 Å². The second kappa shape index (κ2) is 9.81. The maximum Gasteiger partial charge on any atom is 0.304 e. The van der Waals surface area contributed by atoms with Crippen molar-refractivity contribution in [3.05, 3.63) is 52.3 Å². The molecule has 0 saturated carbocycles. The molecule has 0 bridgehead atoms. The highest BCUT2D eigenvalue weighted by Gasteiger charge is 2.27. The van der Waals surface area contributed by atoms with Crippen molar-refractivity contribution in [1.29, 1.82) is 0 Å². The van der Waals surface area contributed by atoms with Crippen LogP contribution in [-0.2, 0) is 21.2 Å². The van der Waals surface area contributed by atoms with Crippen LogP contribution in [0.15, 0.2) is 46.3 Å². The molecule has 0 radical (unpaired) electrons. The van der Waals surface area contributed by atoms with Crippen molar-refractivity contribution in [3.8, 4) is 0 Å². The Balaban J connectivity index is 0.000000229. The van der Waals surface area contributed by atoms with Gasteiger partial charge in [-0.15, -0.1) is 11.8 Å². The molecule has 6 nitrogen and oxygen atoms in total. The fourth-order valence-electron chi connectivity index (χ4n) is 3.71. The van der Waals surface area contributed by atoms with Gasteiger partial charge in [0.1, 0.15) is 5.65 Å². The van der Waals surface area contributed by atoms with Crippen LogP contribution in [0.5, 0.6) is 0 Å². The molecule has 1 atom stereocenters. The van der Waals surface area contributed by atoms with Crippen molar-refractivity contribution < 1.29 is 18.3 Å². The van der Waals surface area contributed by atoms with Gasteiger partial charge in [-0.05, 0) is 49.4 Å². The summed E-state index contributed by atoms with van der Waals surface area (Å²) in [5, 5.41) is 10.8. The Bertz CT molecular complexity index is 1230. The Morgan fingerprint density at radius 3 is 2.61 bits per heavy atom. The molecule has 0 amide bonds. The molecule has 1 aliphatic rings. The average molecular weight is 501 g/mol. The van der Waals surface area contributed by atoms with Gasteiger partial charge in [0.2, 0.25) is 0 Å². The number of sulfone groups is 1. The number of carbonyl (C=O) groups is 1.